The second-order valence-electron chi connectivity index (χ2n) is 9.79. The first-order valence-corrected chi connectivity index (χ1v) is 13.2. The van der Waals surface area contributed by atoms with Gasteiger partial charge < -0.3 is 40.3 Å². The fraction of sp³-hybridized carbons (Fsp3) is 0.367. The maximum Gasteiger partial charge on any atom is 0.319 e. The number of hydrogen-bond acceptors (Lipinski definition) is 7. The average molecular weight is 536 g/mol. The summed E-state index contributed by atoms with van der Waals surface area (Å²) in [6, 6.07) is 21.4. The van der Waals surface area contributed by atoms with Gasteiger partial charge in [-0.15, -0.1) is 0 Å². The Morgan fingerprint density at radius 1 is 1.05 bits per heavy atom. The van der Waals surface area contributed by atoms with E-state index in [-0.39, 0.29) is 30.6 Å². The first-order valence-electron chi connectivity index (χ1n) is 13.2. The van der Waals surface area contributed by atoms with E-state index in [1.165, 1.54) is 0 Å². The van der Waals surface area contributed by atoms with E-state index >= 15 is 0 Å². The maximum absolute atomic E-state index is 12.0. The molecule has 4 atom stereocenters. The topological polar surface area (TPSA) is 124 Å². The molecule has 5 N–H and O–H groups in total. The number of anilines is 1. The zero-order valence-corrected chi connectivity index (χ0v) is 22.3. The van der Waals surface area contributed by atoms with Crippen LogP contribution in [0.25, 0.3) is 0 Å². The lowest BCUT2D eigenvalue weighted by Crippen LogP contribution is -2.39. The molecule has 3 aromatic carbocycles. The van der Waals surface area contributed by atoms with Crippen LogP contribution in [0.3, 0.4) is 0 Å². The molecule has 9 heteroatoms. The highest BCUT2D eigenvalue weighted by Crippen LogP contribution is 2.38. The minimum absolute atomic E-state index is 0.0299. The third kappa shape index (κ3) is 8.01. The van der Waals surface area contributed by atoms with Crippen molar-refractivity contribution in [1.82, 2.24) is 10.2 Å². The number of rotatable bonds is 10. The molecule has 3 aromatic rings. The summed E-state index contributed by atoms with van der Waals surface area (Å²) in [4.78, 5) is 14.0. The molecule has 0 spiro atoms. The third-order valence-electron chi connectivity index (χ3n) is 6.62. The number of aliphatic hydroxyl groups excluding tert-OH is 2. The van der Waals surface area contributed by atoms with Gasteiger partial charge in [-0.3, -0.25) is 0 Å². The second-order valence-corrected chi connectivity index (χ2v) is 9.79. The van der Waals surface area contributed by atoms with E-state index < -0.39 is 12.4 Å². The molecule has 1 heterocycles. The van der Waals surface area contributed by atoms with Crippen molar-refractivity contribution < 1.29 is 29.6 Å². The van der Waals surface area contributed by atoms with Crippen LogP contribution in [0.4, 0.5) is 10.5 Å². The van der Waals surface area contributed by atoms with Gasteiger partial charge in [-0.1, -0.05) is 48.5 Å². The molecule has 0 radical (unpaired) electrons. The predicted molar refractivity (Wildman–Crippen MR) is 148 cm³/mol. The van der Waals surface area contributed by atoms with Gasteiger partial charge in [-0.2, -0.15) is 0 Å². The lowest BCUT2D eigenvalue weighted by atomic mass is 9.99. The lowest BCUT2D eigenvalue weighted by molar-refractivity contribution is -0.252. The number of hydrogen-bond donors (Lipinski definition) is 5. The summed E-state index contributed by atoms with van der Waals surface area (Å²) in [6.45, 7) is 3.24. The van der Waals surface area contributed by atoms with Crippen LogP contribution in [0.5, 0.6) is 5.75 Å². The summed E-state index contributed by atoms with van der Waals surface area (Å²) in [5, 5.41) is 35.5. The van der Waals surface area contributed by atoms with Crippen molar-refractivity contribution in [2.24, 2.45) is 0 Å². The number of aromatic hydroxyl groups is 1. The number of nitrogens with one attached hydrogen (secondary N) is 2. The van der Waals surface area contributed by atoms with Gasteiger partial charge in [0.15, 0.2) is 6.29 Å². The molecule has 0 bridgehead atoms. The van der Waals surface area contributed by atoms with E-state index in [1.807, 2.05) is 61.3 Å². The zero-order valence-electron chi connectivity index (χ0n) is 22.3. The van der Waals surface area contributed by atoms with Crippen LogP contribution in [0.15, 0.2) is 72.8 Å². The quantitative estimate of drug-likeness (QED) is 0.263. The fourth-order valence-electron chi connectivity index (χ4n) is 4.69. The fourth-order valence-corrected chi connectivity index (χ4v) is 4.69. The van der Waals surface area contributed by atoms with Crippen molar-refractivity contribution in [2.75, 3.05) is 32.0 Å². The van der Waals surface area contributed by atoms with Gasteiger partial charge in [0, 0.05) is 37.3 Å². The third-order valence-corrected chi connectivity index (χ3v) is 6.62. The van der Waals surface area contributed by atoms with Crippen LogP contribution in [0.1, 0.15) is 54.1 Å². The van der Waals surface area contributed by atoms with Crippen molar-refractivity contribution in [1.29, 1.82) is 0 Å². The predicted octanol–water partition coefficient (Wildman–Crippen LogP) is 4.24. The monoisotopic (exact) mass is 535 g/mol. The standard InChI is InChI=1S/C30H37N3O6/c1-3-31-30(37)32-24-8-4-7-23(14-24)29-38-26(16-28(39-29)21-12-10-20(19-34)11-13-21)17-33(2)18-27(36)22-6-5-9-25(35)15-22/h4-15,26-29,34-36H,3,16-19H2,1-2H3,(H2,31,32,37). The number of urea groups is 1. The average Bonchev–Trinajstić information content (AvgIpc) is 2.93. The molecule has 2 amide bonds. The van der Waals surface area contributed by atoms with Crippen LogP contribution in [0, 0.1) is 0 Å². The molecule has 1 aliphatic heterocycles. The Labute approximate surface area is 229 Å². The first-order chi connectivity index (χ1) is 18.8. The van der Waals surface area contributed by atoms with E-state index in [1.54, 1.807) is 30.3 Å². The van der Waals surface area contributed by atoms with E-state index in [0.717, 1.165) is 16.7 Å². The molecule has 4 rings (SSSR count). The number of phenols is 1. The smallest absolute Gasteiger partial charge is 0.319 e. The summed E-state index contributed by atoms with van der Waals surface area (Å²) in [6.07, 6.45) is -1.32. The van der Waals surface area contributed by atoms with Gasteiger partial charge in [0.1, 0.15) is 5.75 Å². The number of nitrogens with zero attached hydrogens (tertiary/aromatic N) is 1. The molecular weight excluding hydrogens is 498 g/mol. The molecule has 0 aromatic heterocycles. The number of phenolic OH excluding ortho intramolecular Hbond substituents is 1. The van der Waals surface area contributed by atoms with Crippen LogP contribution >= 0.6 is 0 Å². The molecule has 4 unspecified atom stereocenters. The maximum atomic E-state index is 12.0. The molecule has 0 saturated carbocycles. The van der Waals surface area contributed by atoms with Gasteiger partial charge in [-0.25, -0.2) is 4.79 Å². The van der Waals surface area contributed by atoms with Crippen LogP contribution in [-0.2, 0) is 16.1 Å². The van der Waals surface area contributed by atoms with Crippen LogP contribution in [0.2, 0.25) is 0 Å². The van der Waals surface area contributed by atoms with Crippen LogP contribution in [-0.4, -0.2) is 59.0 Å². The van der Waals surface area contributed by atoms with Gasteiger partial charge in [0.05, 0.1) is 24.9 Å². The number of carbonyl (C=O) groups excluding carboxylic acids is 1. The normalized spacial score (nSPS) is 20.0. The highest BCUT2D eigenvalue weighted by Gasteiger charge is 2.33. The van der Waals surface area contributed by atoms with E-state index in [9.17, 15) is 20.1 Å². The summed E-state index contributed by atoms with van der Waals surface area (Å²) in [5.74, 6) is 0.115. The lowest BCUT2D eigenvalue weighted by Gasteiger charge is -2.38. The van der Waals surface area contributed by atoms with Crippen molar-refractivity contribution in [3.63, 3.8) is 0 Å². The van der Waals surface area contributed by atoms with E-state index in [4.69, 9.17) is 9.47 Å². The van der Waals surface area contributed by atoms with Gasteiger partial charge in [-0.05, 0) is 54.9 Å². The summed E-state index contributed by atoms with van der Waals surface area (Å²) in [7, 11) is 1.92. The Morgan fingerprint density at radius 2 is 1.82 bits per heavy atom. The Kier molecular flexibility index (Phi) is 9.91. The van der Waals surface area contributed by atoms with E-state index in [2.05, 4.69) is 10.6 Å². The van der Waals surface area contributed by atoms with Crippen molar-refractivity contribution in [2.45, 2.75) is 44.6 Å². The molecule has 1 aliphatic rings. The van der Waals surface area contributed by atoms with Crippen molar-refractivity contribution in [3.05, 3.63) is 95.1 Å². The molecule has 1 fully saturated rings. The Morgan fingerprint density at radius 3 is 2.54 bits per heavy atom. The minimum Gasteiger partial charge on any atom is -0.508 e. The summed E-state index contributed by atoms with van der Waals surface area (Å²) in [5.41, 5.74) is 3.84. The van der Waals surface area contributed by atoms with Crippen LogP contribution < -0.4 is 10.6 Å². The number of likely N-dealkylation sites (N-methyl/N-ethyl adjacent to an activating group) is 1. The van der Waals surface area contributed by atoms with Gasteiger partial charge in [0.25, 0.3) is 0 Å². The molecule has 208 valence electrons. The Bertz CT molecular complexity index is 1220. The largest absolute Gasteiger partial charge is 0.508 e. The van der Waals surface area contributed by atoms with Crippen molar-refractivity contribution in [3.8, 4) is 5.75 Å². The highest BCUT2D eigenvalue weighted by atomic mass is 16.7. The number of aliphatic hydroxyl groups is 2. The molecule has 1 saturated heterocycles. The second kappa shape index (κ2) is 13.5. The number of ether oxygens (including phenoxy) is 2. The molecular formula is C30H37N3O6. The molecule has 9 nitrogen and oxygen atoms in total. The number of amides is 2. The summed E-state index contributed by atoms with van der Waals surface area (Å²) >= 11 is 0. The first kappa shape index (κ1) is 28.5. The molecule has 0 aliphatic carbocycles. The van der Waals surface area contributed by atoms with E-state index in [0.29, 0.717) is 37.3 Å². The SMILES string of the molecule is CCNC(=O)Nc1cccc(C2OC(CN(C)CC(O)c3cccc(O)c3)CC(c3ccc(CO)cc3)O2)c1. The Balaban J connectivity index is 1.50. The zero-order chi connectivity index (χ0) is 27.8. The van der Waals surface area contributed by atoms with Gasteiger partial charge >= 0.3 is 6.03 Å². The number of carbonyl (C=O) groups is 1. The molecule has 39 heavy (non-hydrogen) atoms. The van der Waals surface area contributed by atoms with Gasteiger partial charge in [0.2, 0.25) is 0 Å². The van der Waals surface area contributed by atoms with Crippen molar-refractivity contribution >= 4 is 11.7 Å². The summed E-state index contributed by atoms with van der Waals surface area (Å²) < 4.78 is 12.8. The highest BCUT2D eigenvalue weighted by molar-refractivity contribution is 5.89. The Hall–Kier alpha value is -3.47. The number of benzene rings is 3. The minimum atomic E-state index is -0.767.